The molecule has 2 amide bonds. The molecular formula is C22H27N4O2S+. The summed E-state index contributed by atoms with van der Waals surface area (Å²) < 4.78 is 0. The lowest BCUT2D eigenvalue weighted by Gasteiger charge is -2.17. The number of thiophene rings is 1. The number of rotatable bonds is 6. The quantitative estimate of drug-likeness (QED) is 0.681. The molecule has 0 fully saturated rings. The SMILES string of the molecule is Cc1ccc(NC(=O)C[NH+](C)CC(=O)Nc2sc3c(c2C#N)CC[C@H](C)C3)cc1. The number of fused-ring (bicyclic) bond motifs is 1. The number of benzene rings is 1. The Morgan fingerprint density at radius 1 is 1.21 bits per heavy atom. The lowest BCUT2D eigenvalue weighted by Crippen LogP contribution is -3.11. The summed E-state index contributed by atoms with van der Waals surface area (Å²) in [5.74, 6) is 0.282. The van der Waals surface area contributed by atoms with Crippen LogP contribution in [0.2, 0.25) is 0 Å². The predicted molar refractivity (Wildman–Crippen MR) is 115 cm³/mol. The molecule has 0 radical (unpaired) electrons. The minimum atomic E-state index is -0.186. The first-order chi connectivity index (χ1) is 13.9. The zero-order chi connectivity index (χ0) is 21.0. The number of amides is 2. The molecule has 7 heteroatoms. The summed E-state index contributed by atoms with van der Waals surface area (Å²) in [4.78, 5) is 26.7. The van der Waals surface area contributed by atoms with Gasteiger partial charge in [-0.25, -0.2) is 0 Å². The number of anilines is 2. The van der Waals surface area contributed by atoms with Gasteiger partial charge < -0.3 is 15.5 Å². The van der Waals surface area contributed by atoms with E-state index in [0.29, 0.717) is 16.5 Å². The van der Waals surface area contributed by atoms with Gasteiger partial charge in [0, 0.05) is 10.6 Å². The van der Waals surface area contributed by atoms with Gasteiger partial charge in [0.25, 0.3) is 11.8 Å². The average Bonchev–Trinajstić information content (AvgIpc) is 2.98. The van der Waals surface area contributed by atoms with Crippen LogP contribution in [-0.4, -0.2) is 32.0 Å². The summed E-state index contributed by atoms with van der Waals surface area (Å²) in [6, 6.07) is 9.86. The summed E-state index contributed by atoms with van der Waals surface area (Å²) in [5, 5.41) is 15.9. The van der Waals surface area contributed by atoms with Crippen molar-refractivity contribution in [2.24, 2.45) is 5.92 Å². The molecule has 6 nitrogen and oxygen atoms in total. The first-order valence-electron chi connectivity index (χ1n) is 9.88. The zero-order valence-electron chi connectivity index (χ0n) is 17.1. The van der Waals surface area contributed by atoms with Crippen LogP contribution in [0.5, 0.6) is 0 Å². The number of aryl methyl sites for hydroxylation is 1. The van der Waals surface area contributed by atoms with Crippen LogP contribution in [0.25, 0.3) is 0 Å². The lowest BCUT2D eigenvalue weighted by atomic mass is 9.89. The van der Waals surface area contributed by atoms with E-state index in [1.165, 1.54) is 16.2 Å². The van der Waals surface area contributed by atoms with Gasteiger partial charge in [0.05, 0.1) is 12.6 Å². The first kappa shape index (κ1) is 21.0. The molecule has 0 spiro atoms. The Kier molecular flexibility index (Phi) is 6.68. The Morgan fingerprint density at radius 3 is 2.52 bits per heavy atom. The number of nitriles is 1. The summed E-state index contributed by atoms with van der Waals surface area (Å²) in [7, 11) is 1.81. The molecule has 29 heavy (non-hydrogen) atoms. The van der Waals surface area contributed by atoms with Crippen molar-refractivity contribution >= 4 is 33.8 Å². The smallest absolute Gasteiger partial charge is 0.280 e. The van der Waals surface area contributed by atoms with Gasteiger partial charge in [-0.2, -0.15) is 5.26 Å². The minimum Gasteiger partial charge on any atom is -0.322 e. The highest BCUT2D eigenvalue weighted by Gasteiger charge is 2.25. The fourth-order valence-electron chi connectivity index (χ4n) is 3.58. The third kappa shape index (κ3) is 5.43. The van der Waals surface area contributed by atoms with E-state index in [9.17, 15) is 14.9 Å². The molecule has 3 rings (SSSR count). The summed E-state index contributed by atoms with van der Waals surface area (Å²) >= 11 is 1.52. The molecular weight excluding hydrogens is 384 g/mol. The average molecular weight is 412 g/mol. The monoisotopic (exact) mass is 411 g/mol. The normalized spacial score (nSPS) is 16.4. The van der Waals surface area contributed by atoms with Crippen LogP contribution in [-0.2, 0) is 22.4 Å². The molecule has 1 heterocycles. The summed E-state index contributed by atoms with van der Waals surface area (Å²) in [6.07, 6.45) is 2.94. The van der Waals surface area contributed by atoms with Crippen molar-refractivity contribution < 1.29 is 14.5 Å². The molecule has 2 aromatic rings. The molecule has 1 aliphatic carbocycles. The molecule has 3 N–H and O–H groups in total. The third-order valence-corrected chi connectivity index (χ3v) is 6.31. The van der Waals surface area contributed by atoms with Crippen LogP contribution >= 0.6 is 11.3 Å². The van der Waals surface area contributed by atoms with Crippen LogP contribution in [0.3, 0.4) is 0 Å². The number of hydrogen-bond acceptors (Lipinski definition) is 4. The highest BCUT2D eigenvalue weighted by Crippen LogP contribution is 2.39. The molecule has 0 bridgehead atoms. The van der Waals surface area contributed by atoms with Gasteiger partial charge in [0.1, 0.15) is 11.1 Å². The number of carbonyl (C=O) groups excluding carboxylic acids is 2. The Labute approximate surface area is 175 Å². The molecule has 1 aromatic carbocycles. The van der Waals surface area contributed by atoms with Crippen LogP contribution in [0.4, 0.5) is 10.7 Å². The Hall–Kier alpha value is -2.69. The fourth-order valence-corrected chi connectivity index (χ4v) is 4.96. The number of nitrogens with zero attached hydrogens (tertiary/aromatic N) is 1. The second-order valence-corrected chi connectivity index (χ2v) is 9.05. The van der Waals surface area contributed by atoms with Crippen molar-refractivity contribution in [3.05, 3.63) is 45.8 Å². The van der Waals surface area contributed by atoms with Crippen LogP contribution in [0, 0.1) is 24.2 Å². The Bertz CT molecular complexity index is 943. The van der Waals surface area contributed by atoms with Gasteiger partial charge in [-0.1, -0.05) is 24.6 Å². The van der Waals surface area contributed by atoms with Crippen molar-refractivity contribution in [1.82, 2.24) is 0 Å². The molecule has 0 aliphatic heterocycles. The van der Waals surface area contributed by atoms with E-state index in [0.717, 1.165) is 41.0 Å². The second-order valence-electron chi connectivity index (χ2n) is 7.94. The highest BCUT2D eigenvalue weighted by molar-refractivity contribution is 7.16. The molecule has 2 atom stereocenters. The third-order valence-electron chi connectivity index (χ3n) is 5.14. The molecule has 0 saturated carbocycles. The summed E-state index contributed by atoms with van der Waals surface area (Å²) in [6.45, 7) is 4.55. The Morgan fingerprint density at radius 2 is 1.86 bits per heavy atom. The van der Waals surface area contributed by atoms with E-state index >= 15 is 0 Å². The van der Waals surface area contributed by atoms with Crippen molar-refractivity contribution in [3.63, 3.8) is 0 Å². The number of nitrogens with one attached hydrogen (secondary N) is 3. The van der Waals surface area contributed by atoms with Crippen LogP contribution in [0.15, 0.2) is 24.3 Å². The van der Waals surface area contributed by atoms with Gasteiger partial charge in [0.2, 0.25) is 0 Å². The largest absolute Gasteiger partial charge is 0.322 e. The van der Waals surface area contributed by atoms with E-state index in [1.54, 1.807) is 7.05 Å². The number of hydrogen-bond donors (Lipinski definition) is 3. The maximum Gasteiger partial charge on any atom is 0.280 e. The zero-order valence-corrected chi connectivity index (χ0v) is 17.9. The number of likely N-dealkylation sites (N-methyl/N-ethyl adjacent to an activating group) is 1. The minimum absolute atomic E-state index is 0.141. The first-order valence-corrected chi connectivity index (χ1v) is 10.7. The van der Waals surface area contributed by atoms with E-state index in [4.69, 9.17) is 0 Å². The molecule has 1 unspecified atom stereocenters. The van der Waals surface area contributed by atoms with E-state index < -0.39 is 0 Å². The standard InChI is InChI=1S/C22H26N4O2S/c1-14-4-7-16(8-5-14)24-20(27)12-26(3)13-21(28)25-22-18(11-23)17-9-6-15(2)10-19(17)29-22/h4-5,7-8,15H,6,9-10,12-13H2,1-3H3,(H,24,27)(H,25,28)/p+1/t15-/m0/s1. The fraction of sp³-hybridized carbons (Fsp3) is 0.409. The van der Waals surface area contributed by atoms with Crippen molar-refractivity contribution in [2.45, 2.75) is 33.1 Å². The van der Waals surface area contributed by atoms with E-state index in [2.05, 4.69) is 23.6 Å². The van der Waals surface area contributed by atoms with Gasteiger partial charge >= 0.3 is 0 Å². The topological polar surface area (TPSA) is 86.4 Å². The van der Waals surface area contributed by atoms with Gasteiger partial charge in [0.15, 0.2) is 13.1 Å². The van der Waals surface area contributed by atoms with Gasteiger partial charge in [-0.3, -0.25) is 9.59 Å². The van der Waals surface area contributed by atoms with Gasteiger partial charge in [-0.15, -0.1) is 11.3 Å². The van der Waals surface area contributed by atoms with Gasteiger partial charge in [-0.05, 0) is 49.8 Å². The Balaban J connectivity index is 1.54. The van der Waals surface area contributed by atoms with Crippen LogP contribution in [0.1, 0.15) is 34.9 Å². The van der Waals surface area contributed by atoms with E-state index in [1.807, 2.05) is 31.2 Å². The number of quaternary nitrogens is 1. The lowest BCUT2D eigenvalue weighted by molar-refractivity contribution is -0.862. The molecule has 1 aliphatic rings. The molecule has 1 aromatic heterocycles. The van der Waals surface area contributed by atoms with Crippen molar-refractivity contribution in [2.75, 3.05) is 30.8 Å². The van der Waals surface area contributed by atoms with Crippen molar-refractivity contribution in [3.8, 4) is 6.07 Å². The van der Waals surface area contributed by atoms with E-state index in [-0.39, 0.29) is 24.9 Å². The maximum absolute atomic E-state index is 12.5. The van der Waals surface area contributed by atoms with Crippen molar-refractivity contribution in [1.29, 1.82) is 5.26 Å². The molecule has 0 saturated heterocycles. The number of carbonyl (C=O) groups is 2. The van der Waals surface area contributed by atoms with Crippen LogP contribution < -0.4 is 15.5 Å². The predicted octanol–water partition coefficient (Wildman–Crippen LogP) is 2.14. The maximum atomic E-state index is 12.5. The second kappa shape index (κ2) is 9.21. The molecule has 152 valence electrons. The highest BCUT2D eigenvalue weighted by atomic mass is 32.1. The summed E-state index contributed by atoms with van der Waals surface area (Å²) in [5.41, 5.74) is 3.59.